The minimum absolute atomic E-state index is 0.0283. The molecule has 0 bridgehead atoms. The monoisotopic (exact) mass is 318 g/mol. The maximum atomic E-state index is 12.0. The van der Waals surface area contributed by atoms with Crippen LogP contribution in [0.2, 0.25) is 0 Å². The van der Waals surface area contributed by atoms with E-state index in [4.69, 9.17) is 21.1 Å². The number of esters is 2. The Labute approximate surface area is 133 Å². The number of carbonyl (C=O) groups excluding carboxylic acids is 2. The molecule has 0 aliphatic rings. The van der Waals surface area contributed by atoms with E-state index in [9.17, 15) is 9.59 Å². The average molecular weight is 319 g/mol. The van der Waals surface area contributed by atoms with E-state index in [1.807, 2.05) is 18.2 Å². The molecule has 4 nitrogen and oxygen atoms in total. The van der Waals surface area contributed by atoms with Crippen LogP contribution in [0.4, 0.5) is 0 Å². The van der Waals surface area contributed by atoms with Crippen molar-refractivity contribution >= 4 is 23.5 Å². The van der Waals surface area contributed by atoms with Crippen LogP contribution in [0.1, 0.15) is 23.6 Å². The van der Waals surface area contributed by atoms with E-state index in [0.29, 0.717) is 16.9 Å². The fraction of sp³-hybridized carbons (Fsp3) is 0.176. The van der Waals surface area contributed by atoms with E-state index in [0.717, 1.165) is 0 Å². The Morgan fingerprint density at radius 2 is 1.68 bits per heavy atom. The zero-order valence-corrected chi connectivity index (χ0v) is 12.7. The van der Waals surface area contributed by atoms with Crippen LogP contribution in [-0.2, 0) is 20.7 Å². The van der Waals surface area contributed by atoms with E-state index in [-0.39, 0.29) is 6.42 Å². The Balaban J connectivity index is 2.02. The van der Waals surface area contributed by atoms with Crippen molar-refractivity contribution in [3.63, 3.8) is 0 Å². The van der Waals surface area contributed by atoms with Crippen LogP contribution in [0.5, 0.6) is 5.75 Å². The third-order valence-corrected chi connectivity index (χ3v) is 3.20. The van der Waals surface area contributed by atoms with Crippen molar-refractivity contribution in [3.8, 4) is 5.75 Å². The minimum atomic E-state index is -0.852. The molecule has 2 rings (SSSR count). The molecule has 0 amide bonds. The minimum Gasteiger partial charge on any atom is -0.441 e. The lowest BCUT2D eigenvalue weighted by Crippen LogP contribution is -2.12. The van der Waals surface area contributed by atoms with Crippen LogP contribution >= 0.6 is 11.6 Å². The molecule has 2 aromatic carbocycles. The van der Waals surface area contributed by atoms with Gasteiger partial charge in [-0.25, -0.2) is 0 Å². The third kappa shape index (κ3) is 4.60. The number of para-hydroxylation sites is 1. The maximum absolute atomic E-state index is 12.0. The Hall–Kier alpha value is -2.33. The van der Waals surface area contributed by atoms with E-state index in [1.165, 1.54) is 6.92 Å². The number of halogens is 1. The molecule has 0 saturated heterocycles. The molecule has 0 radical (unpaired) electrons. The van der Waals surface area contributed by atoms with Crippen LogP contribution in [0.15, 0.2) is 54.6 Å². The van der Waals surface area contributed by atoms with Crippen LogP contribution in [-0.4, -0.2) is 11.9 Å². The van der Waals surface area contributed by atoms with Gasteiger partial charge in [0.25, 0.3) is 0 Å². The van der Waals surface area contributed by atoms with Crippen molar-refractivity contribution in [1.29, 1.82) is 0 Å². The molecule has 5 heteroatoms. The number of alkyl halides is 1. The van der Waals surface area contributed by atoms with Crippen molar-refractivity contribution in [3.05, 3.63) is 65.7 Å². The Bertz CT molecular complexity index is 655. The van der Waals surface area contributed by atoms with Crippen molar-refractivity contribution in [2.45, 2.75) is 18.9 Å². The summed E-state index contributed by atoms with van der Waals surface area (Å²) in [6, 6.07) is 15.8. The topological polar surface area (TPSA) is 52.6 Å². The van der Waals surface area contributed by atoms with Gasteiger partial charge >= 0.3 is 11.9 Å². The van der Waals surface area contributed by atoms with E-state index in [2.05, 4.69) is 0 Å². The predicted octanol–water partition coefficient (Wildman–Crippen LogP) is 3.64. The molecule has 0 N–H and O–H groups in total. The fourth-order valence-corrected chi connectivity index (χ4v) is 2.13. The van der Waals surface area contributed by atoms with Crippen molar-refractivity contribution in [2.24, 2.45) is 0 Å². The summed E-state index contributed by atoms with van der Waals surface area (Å²) in [5, 5.41) is 0. The quantitative estimate of drug-likeness (QED) is 0.480. The highest BCUT2D eigenvalue weighted by Gasteiger charge is 2.16. The van der Waals surface area contributed by atoms with Crippen LogP contribution in [0, 0.1) is 0 Å². The van der Waals surface area contributed by atoms with E-state index < -0.39 is 17.5 Å². The number of rotatable bonds is 5. The van der Waals surface area contributed by atoms with Gasteiger partial charge in [-0.2, -0.15) is 0 Å². The number of carbonyl (C=O) groups is 2. The van der Waals surface area contributed by atoms with Crippen molar-refractivity contribution < 1.29 is 19.1 Å². The second-order valence-corrected chi connectivity index (χ2v) is 4.99. The molecule has 22 heavy (non-hydrogen) atoms. The van der Waals surface area contributed by atoms with Gasteiger partial charge in [-0.3, -0.25) is 9.59 Å². The summed E-state index contributed by atoms with van der Waals surface area (Å²) in [4.78, 5) is 23.0. The van der Waals surface area contributed by atoms with Gasteiger partial charge in [-0.05, 0) is 6.07 Å². The van der Waals surface area contributed by atoms with Gasteiger partial charge in [-0.1, -0.05) is 60.1 Å². The standard InChI is InChI=1S/C17H15ClO4/c1-12(19)21-15-10-6-5-9-14(15)11-16(20)22-17(18)13-7-3-2-4-8-13/h2-10,17H,11H2,1H3. The maximum Gasteiger partial charge on any atom is 0.312 e. The summed E-state index contributed by atoms with van der Waals surface area (Å²) in [6.45, 7) is 1.30. The molecule has 114 valence electrons. The van der Waals surface area contributed by atoms with Crippen molar-refractivity contribution in [1.82, 2.24) is 0 Å². The van der Waals surface area contributed by atoms with Crippen LogP contribution < -0.4 is 4.74 Å². The molecular weight excluding hydrogens is 304 g/mol. The highest BCUT2D eigenvalue weighted by molar-refractivity contribution is 6.20. The molecule has 1 atom stereocenters. The number of hydrogen-bond donors (Lipinski definition) is 0. The molecule has 0 saturated carbocycles. The van der Waals surface area contributed by atoms with Gasteiger partial charge in [0.2, 0.25) is 5.56 Å². The highest BCUT2D eigenvalue weighted by Crippen LogP contribution is 2.24. The van der Waals surface area contributed by atoms with Gasteiger partial charge in [-0.15, -0.1) is 0 Å². The van der Waals surface area contributed by atoms with Crippen LogP contribution in [0.3, 0.4) is 0 Å². The first kappa shape index (κ1) is 16.0. The summed E-state index contributed by atoms with van der Waals surface area (Å²) in [5.41, 5.74) is 0.417. The second kappa shape index (κ2) is 7.61. The molecule has 0 aromatic heterocycles. The number of hydrogen-bond acceptors (Lipinski definition) is 4. The van der Waals surface area contributed by atoms with Gasteiger partial charge in [0.05, 0.1) is 6.42 Å². The van der Waals surface area contributed by atoms with Gasteiger partial charge in [0.15, 0.2) is 0 Å². The van der Waals surface area contributed by atoms with Gasteiger partial charge in [0.1, 0.15) is 5.75 Å². The van der Waals surface area contributed by atoms with Crippen molar-refractivity contribution in [2.75, 3.05) is 0 Å². The Kier molecular flexibility index (Phi) is 5.55. The van der Waals surface area contributed by atoms with E-state index >= 15 is 0 Å². The molecule has 0 aliphatic heterocycles. The zero-order valence-electron chi connectivity index (χ0n) is 12.0. The summed E-state index contributed by atoms with van der Waals surface area (Å²) >= 11 is 6.06. The first-order valence-electron chi connectivity index (χ1n) is 6.71. The van der Waals surface area contributed by atoms with Crippen LogP contribution in [0.25, 0.3) is 0 Å². The number of ether oxygens (including phenoxy) is 2. The number of benzene rings is 2. The van der Waals surface area contributed by atoms with E-state index in [1.54, 1.807) is 36.4 Å². The lowest BCUT2D eigenvalue weighted by molar-refractivity contribution is -0.145. The normalized spacial score (nSPS) is 11.5. The summed E-state index contributed by atoms with van der Waals surface area (Å²) < 4.78 is 10.2. The average Bonchev–Trinajstić information content (AvgIpc) is 2.49. The first-order valence-corrected chi connectivity index (χ1v) is 7.14. The molecular formula is C17H15ClO4. The lowest BCUT2D eigenvalue weighted by Gasteiger charge is -2.12. The Morgan fingerprint density at radius 3 is 2.36 bits per heavy atom. The van der Waals surface area contributed by atoms with Gasteiger partial charge in [0, 0.05) is 18.1 Å². The molecule has 0 fully saturated rings. The molecule has 2 aromatic rings. The molecule has 0 heterocycles. The highest BCUT2D eigenvalue weighted by atomic mass is 35.5. The lowest BCUT2D eigenvalue weighted by atomic mass is 10.1. The summed E-state index contributed by atoms with van der Waals surface area (Å²) in [7, 11) is 0. The molecule has 1 unspecified atom stereocenters. The Morgan fingerprint density at radius 1 is 1.05 bits per heavy atom. The predicted molar refractivity (Wildman–Crippen MR) is 82.6 cm³/mol. The largest absolute Gasteiger partial charge is 0.441 e. The summed E-state index contributed by atoms with van der Waals surface area (Å²) in [6.07, 6.45) is -0.0283. The second-order valence-electron chi connectivity index (χ2n) is 4.59. The molecule has 0 spiro atoms. The summed E-state index contributed by atoms with van der Waals surface area (Å²) in [5.74, 6) is -0.596. The van der Waals surface area contributed by atoms with Gasteiger partial charge < -0.3 is 9.47 Å². The smallest absolute Gasteiger partial charge is 0.312 e. The molecule has 0 aliphatic carbocycles. The first-order chi connectivity index (χ1) is 10.6. The third-order valence-electron chi connectivity index (χ3n) is 2.86. The SMILES string of the molecule is CC(=O)Oc1ccccc1CC(=O)OC(Cl)c1ccccc1. The zero-order chi connectivity index (χ0) is 15.9. The fourth-order valence-electron chi connectivity index (χ4n) is 1.89.